The topological polar surface area (TPSA) is 49.4 Å². The minimum Gasteiger partial charge on any atom is -0.462 e. The van der Waals surface area contributed by atoms with E-state index in [1.165, 1.54) is 0 Å². The number of carbonyl (C=O) groups excluding carboxylic acids is 1. The fraction of sp³-hybridized carbons (Fsp3) is 0.462. The van der Waals surface area contributed by atoms with Gasteiger partial charge in [0.05, 0.1) is 0 Å². The van der Waals surface area contributed by atoms with Crippen LogP contribution in [0.4, 0.5) is 0 Å². The van der Waals surface area contributed by atoms with Crippen LogP contribution in [0.3, 0.4) is 0 Å². The molecule has 4 heteroatoms. The highest BCUT2D eigenvalue weighted by molar-refractivity contribution is 5.80. The van der Waals surface area contributed by atoms with Crippen LogP contribution in [-0.2, 0) is 20.3 Å². The monoisotopic (exact) mass is 234 g/mol. The molecule has 1 saturated heterocycles. The van der Waals surface area contributed by atoms with E-state index in [1.54, 1.807) is 20.8 Å². The predicted octanol–water partition coefficient (Wildman–Crippen LogP) is 1.88. The minimum absolute atomic E-state index is 0.0861. The van der Waals surface area contributed by atoms with Gasteiger partial charge in [-0.3, -0.25) is 0 Å². The standard InChI is InChI=1S/C13H16NO3/c1-12(2)11(15)17-9-13(3,14(12)16)10-7-5-4-6-8-10/h4-8H,9H2,1-3H3. The van der Waals surface area contributed by atoms with Gasteiger partial charge < -0.3 is 4.74 Å². The summed E-state index contributed by atoms with van der Waals surface area (Å²) in [5, 5.41) is 13.2. The summed E-state index contributed by atoms with van der Waals surface area (Å²) in [6.07, 6.45) is 0. The van der Waals surface area contributed by atoms with Crippen molar-refractivity contribution in [1.29, 1.82) is 0 Å². The Kier molecular flexibility index (Phi) is 2.72. The van der Waals surface area contributed by atoms with Gasteiger partial charge >= 0.3 is 5.97 Å². The van der Waals surface area contributed by atoms with E-state index in [4.69, 9.17) is 4.74 Å². The molecule has 1 atom stereocenters. The maximum atomic E-state index is 12.4. The van der Waals surface area contributed by atoms with Gasteiger partial charge in [-0.05, 0) is 26.3 Å². The molecule has 1 unspecified atom stereocenters. The number of hydrogen-bond donors (Lipinski definition) is 0. The molecule has 0 saturated carbocycles. The summed E-state index contributed by atoms with van der Waals surface area (Å²) in [5.74, 6) is -0.471. The lowest BCUT2D eigenvalue weighted by Crippen LogP contribution is -2.63. The Morgan fingerprint density at radius 1 is 1.18 bits per heavy atom. The van der Waals surface area contributed by atoms with E-state index in [2.05, 4.69) is 0 Å². The average molecular weight is 234 g/mol. The van der Waals surface area contributed by atoms with Crippen molar-refractivity contribution in [3.63, 3.8) is 0 Å². The van der Waals surface area contributed by atoms with Crippen molar-refractivity contribution in [2.75, 3.05) is 6.61 Å². The third-order valence-corrected chi connectivity index (χ3v) is 3.34. The lowest BCUT2D eigenvalue weighted by molar-refractivity contribution is -0.306. The van der Waals surface area contributed by atoms with Gasteiger partial charge in [-0.2, -0.15) is 0 Å². The minimum atomic E-state index is -1.15. The molecule has 1 fully saturated rings. The van der Waals surface area contributed by atoms with Crippen molar-refractivity contribution in [2.24, 2.45) is 0 Å². The summed E-state index contributed by atoms with van der Waals surface area (Å²) in [5.41, 5.74) is -1.11. The Balaban J connectivity index is 2.43. The average Bonchev–Trinajstić information content (AvgIpc) is 2.34. The fourth-order valence-corrected chi connectivity index (χ4v) is 2.14. The van der Waals surface area contributed by atoms with E-state index in [9.17, 15) is 10.0 Å². The predicted molar refractivity (Wildman–Crippen MR) is 61.4 cm³/mol. The van der Waals surface area contributed by atoms with Crippen molar-refractivity contribution >= 4 is 5.97 Å². The Labute approximate surface area is 101 Å². The summed E-state index contributed by atoms with van der Waals surface area (Å²) in [4.78, 5) is 11.6. The van der Waals surface area contributed by atoms with Crippen LogP contribution in [0, 0.1) is 0 Å². The SMILES string of the molecule is CC1(C)C(=O)OCC(C)(c2ccccc2)N1[O]. The quantitative estimate of drug-likeness (QED) is 0.697. The molecule has 91 valence electrons. The van der Waals surface area contributed by atoms with Crippen molar-refractivity contribution in [1.82, 2.24) is 5.06 Å². The highest BCUT2D eigenvalue weighted by atomic mass is 16.6. The zero-order valence-electron chi connectivity index (χ0n) is 10.3. The van der Waals surface area contributed by atoms with Gasteiger partial charge in [0.1, 0.15) is 17.7 Å². The van der Waals surface area contributed by atoms with Crippen LogP contribution < -0.4 is 0 Å². The van der Waals surface area contributed by atoms with Crippen molar-refractivity contribution < 1.29 is 14.7 Å². The van der Waals surface area contributed by atoms with Gasteiger partial charge in [0, 0.05) is 0 Å². The number of nitrogens with zero attached hydrogens (tertiary/aromatic N) is 1. The summed E-state index contributed by atoms with van der Waals surface area (Å²) in [7, 11) is 0. The second-order valence-corrected chi connectivity index (χ2v) is 5.07. The molecule has 0 bridgehead atoms. The third kappa shape index (κ3) is 1.73. The first kappa shape index (κ1) is 12.1. The maximum Gasteiger partial charge on any atom is 0.328 e. The zero-order chi connectivity index (χ0) is 12.7. The summed E-state index contributed by atoms with van der Waals surface area (Å²) in [6, 6.07) is 9.39. The largest absolute Gasteiger partial charge is 0.462 e. The maximum absolute atomic E-state index is 12.4. The van der Waals surface area contributed by atoms with Gasteiger partial charge in [-0.1, -0.05) is 30.3 Å². The molecule has 17 heavy (non-hydrogen) atoms. The first-order valence-electron chi connectivity index (χ1n) is 5.59. The Morgan fingerprint density at radius 2 is 1.76 bits per heavy atom. The van der Waals surface area contributed by atoms with Gasteiger partial charge in [0.15, 0.2) is 0 Å². The molecule has 0 spiro atoms. The Morgan fingerprint density at radius 3 is 2.35 bits per heavy atom. The molecule has 0 amide bonds. The molecule has 1 aliphatic rings. The highest BCUT2D eigenvalue weighted by Crippen LogP contribution is 2.37. The van der Waals surface area contributed by atoms with E-state index in [0.29, 0.717) is 0 Å². The number of hydroxylamine groups is 2. The number of carbonyl (C=O) groups is 1. The number of morpholine rings is 1. The molecule has 1 aliphatic heterocycles. The van der Waals surface area contributed by atoms with Gasteiger partial charge in [0.2, 0.25) is 0 Å². The smallest absolute Gasteiger partial charge is 0.328 e. The molecule has 4 nitrogen and oxygen atoms in total. The van der Waals surface area contributed by atoms with Crippen LogP contribution >= 0.6 is 0 Å². The molecule has 0 aliphatic carbocycles. The summed E-state index contributed by atoms with van der Waals surface area (Å²) in [6.45, 7) is 5.05. The second-order valence-electron chi connectivity index (χ2n) is 5.07. The molecular formula is C13H16NO3. The normalized spacial score (nSPS) is 28.8. The lowest BCUT2D eigenvalue weighted by atomic mass is 9.86. The molecule has 1 aromatic rings. The van der Waals surface area contributed by atoms with Gasteiger partial charge in [0.25, 0.3) is 0 Å². The highest BCUT2D eigenvalue weighted by Gasteiger charge is 2.52. The third-order valence-electron chi connectivity index (χ3n) is 3.34. The van der Waals surface area contributed by atoms with Crippen LogP contribution in [-0.4, -0.2) is 23.2 Å². The first-order chi connectivity index (χ1) is 7.89. The van der Waals surface area contributed by atoms with Crippen molar-refractivity contribution in [2.45, 2.75) is 31.8 Å². The molecule has 1 heterocycles. The Bertz CT molecular complexity index is 430. The van der Waals surface area contributed by atoms with E-state index < -0.39 is 17.0 Å². The summed E-state index contributed by atoms with van der Waals surface area (Å²) < 4.78 is 5.15. The van der Waals surface area contributed by atoms with Gasteiger partial charge in [-0.15, -0.1) is 10.3 Å². The second kappa shape index (κ2) is 3.82. The molecule has 0 N–H and O–H groups in total. The number of hydrogen-bond acceptors (Lipinski definition) is 3. The lowest BCUT2D eigenvalue weighted by Gasteiger charge is -2.46. The van der Waals surface area contributed by atoms with Crippen LogP contribution in [0.25, 0.3) is 0 Å². The number of benzene rings is 1. The Hall–Kier alpha value is -1.39. The van der Waals surface area contributed by atoms with E-state index in [-0.39, 0.29) is 6.61 Å². The molecule has 1 aromatic carbocycles. The summed E-state index contributed by atoms with van der Waals surface area (Å²) >= 11 is 0. The molecule has 0 aromatic heterocycles. The van der Waals surface area contributed by atoms with Crippen molar-refractivity contribution in [3.05, 3.63) is 35.9 Å². The van der Waals surface area contributed by atoms with Crippen LogP contribution in [0.15, 0.2) is 30.3 Å². The van der Waals surface area contributed by atoms with Crippen LogP contribution in [0.5, 0.6) is 0 Å². The van der Waals surface area contributed by atoms with E-state index in [0.717, 1.165) is 10.6 Å². The number of rotatable bonds is 1. The van der Waals surface area contributed by atoms with Crippen LogP contribution in [0.1, 0.15) is 26.3 Å². The van der Waals surface area contributed by atoms with E-state index >= 15 is 0 Å². The van der Waals surface area contributed by atoms with Crippen molar-refractivity contribution in [3.8, 4) is 0 Å². The van der Waals surface area contributed by atoms with Crippen LogP contribution in [0.2, 0.25) is 0 Å². The number of esters is 1. The molecular weight excluding hydrogens is 218 g/mol. The fourth-order valence-electron chi connectivity index (χ4n) is 2.14. The molecule has 1 radical (unpaired) electrons. The zero-order valence-corrected chi connectivity index (χ0v) is 10.3. The first-order valence-corrected chi connectivity index (χ1v) is 5.59. The van der Waals surface area contributed by atoms with Gasteiger partial charge in [-0.25, -0.2) is 4.79 Å². The number of ether oxygens (including phenoxy) is 1. The number of cyclic esters (lactones) is 1. The molecule has 2 rings (SSSR count). The van der Waals surface area contributed by atoms with E-state index in [1.807, 2.05) is 30.3 Å².